The minimum atomic E-state index is -4.80. The normalized spacial score (nSPS) is 19.0. The van der Waals surface area contributed by atoms with E-state index in [1.165, 1.54) is 6.07 Å². The molecule has 0 saturated carbocycles. The molecule has 9 heteroatoms. The van der Waals surface area contributed by atoms with Crippen molar-refractivity contribution in [2.24, 2.45) is 0 Å². The van der Waals surface area contributed by atoms with Crippen LogP contribution >= 0.6 is 0 Å². The molecule has 1 amide bonds. The Labute approximate surface area is 117 Å². The highest BCUT2D eigenvalue weighted by atomic mass is 19.4. The zero-order valence-corrected chi connectivity index (χ0v) is 10.7. The van der Waals surface area contributed by atoms with Gasteiger partial charge >= 0.3 is 6.18 Å². The lowest BCUT2D eigenvalue weighted by Gasteiger charge is -2.24. The summed E-state index contributed by atoms with van der Waals surface area (Å²) in [4.78, 5) is 20.6. The molecule has 1 aromatic carbocycles. The first-order valence-electron chi connectivity index (χ1n) is 6.16. The second-order valence-corrected chi connectivity index (χ2v) is 4.67. The number of nitro groups is 1. The van der Waals surface area contributed by atoms with Crippen LogP contribution in [-0.4, -0.2) is 23.4 Å². The largest absolute Gasteiger partial charge is 0.423 e. The van der Waals surface area contributed by atoms with Gasteiger partial charge in [-0.25, -0.2) is 0 Å². The van der Waals surface area contributed by atoms with Crippen LogP contribution in [0.5, 0.6) is 0 Å². The number of nitrogens with zero attached hydrogens (tertiary/aromatic N) is 1. The van der Waals surface area contributed by atoms with E-state index in [9.17, 15) is 28.1 Å². The number of piperidine rings is 1. The maximum absolute atomic E-state index is 12.8. The van der Waals surface area contributed by atoms with Crippen LogP contribution in [0.4, 0.5) is 24.5 Å². The van der Waals surface area contributed by atoms with Crippen LogP contribution < -0.4 is 10.6 Å². The van der Waals surface area contributed by atoms with Crippen molar-refractivity contribution < 1.29 is 22.9 Å². The summed E-state index contributed by atoms with van der Waals surface area (Å²) in [6.07, 6.45) is -4.03. The number of benzene rings is 1. The third-order valence-electron chi connectivity index (χ3n) is 3.13. The van der Waals surface area contributed by atoms with Crippen molar-refractivity contribution in [3.05, 3.63) is 33.9 Å². The molecule has 1 saturated heterocycles. The van der Waals surface area contributed by atoms with Crippen molar-refractivity contribution in [1.82, 2.24) is 5.32 Å². The second-order valence-electron chi connectivity index (χ2n) is 4.67. The maximum Gasteiger partial charge on any atom is 0.423 e. The number of nitrogens with one attached hydrogen (secondary N) is 2. The smallest absolute Gasteiger partial charge is 0.381 e. The summed E-state index contributed by atoms with van der Waals surface area (Å²) in [6, 6.07) is 2.57. The molecular formula is C12H12F3N3O3. The van der Waals surface area contributed by atoms with Crippen LogP contribution in [-0.2, 0) is 11.0 Å². The third-order valence-corrected chi connectivity index (χ3v) is 3.13. The summed E-state index contributed by atoms with van der Waals surface area (Å²) >= 11 is 0. The molecule has 0 aromatic heterocycles. The summed E-state index contributed by atoms with van der Waals surface area (Å²) in [5, 5.41) is 16.1. The molecule has 114 valence electrons. The first-order valence-corrected chi connectivity index (χ1v) is 6.16. The van der Waals surface area contributed by atoms with Crippen LogP contribution in [0, 0.1) is 10.1 Å². The average Bonchev–Trinajstić information content (AvgIpc) is 2.40. The molecule has 2 N–H and O–H groups in total. The van der Waals surface area contributed by atoms with Crippen LogP contribution in [0.2, 0.25) is 0 Å². The van der Waals surface area contributed by atoms with Gasteiger partial charge in [0.1, 0.15) is 5.56 Å². The lowest BCUT2D eigenvalue weighted by Crippen LogP contribution is -2.41. The molecule has 0 aliphatic carbocycles. The second kappa shape index (κ2) is 5.58. The maximum atomic E-state index is 12.8. The molecule has 0 spiro atoms. The molecule has 1 fully saturated rings. The van der Waals surface area contributed by atoms with Gasteiger partial charge in [-0.3, -0.25) is 14.9 Å². The number of halogens is 3. The molecule has 21 heavy (non-hydrogen) atoms. The number of alkyl halides is 3. The Bertz CT molecular complexity index is 565. The molecule has 1 heterocycles. The predicted molar refractivity (Wildman–Crippen MR) is 67.8 cm³/mol. The van der Waals surface area contributed by atoms with Crippen LogP contribution in [0.1, 0.15) is 18.4 Å². The molecule has 2 rings (SSSR count). The van der Waals surface area contributed by atoms with E-state index in [4.69, 9.17) is 0 Å². The van der Waals surface area contributed by atoms with Gasteiger partial charge in [0.2, 0.25) is 5.91 Å². The molecule has 0 bridgehead atoms. The average molecular weight is 303 g/mol. The van der Waals surface area contributed by atoms with E-state index in [2.05, 4.69) is 10.6 Å². The quantitative estimate of drug-likeness (QED) is 0.663. The van der Waals surface area contributed by atoms with Gasteiger partial charge in [-0.1, -0.05) is 0 Å². The van der Waals surface area contributed by atoms with Crippen molar-refractivity contribution >= 4 is 17.3 Å². The minimum Gasteiger partial charge on any atom is -0.381 e. The molecule has 1 atom stereocenters. The van der Waals surface area contributed by atoms with Gasteiger partial charge < -0.3 is 10.6 Å². The van der Waals surface area contributed by atoms with Crippen molar-refractivity contribution in [1.29, 1.82) is 0 Å². The van der Waals surface area contributed by atoms with E-state index in [0.717, 1.165) is 6.07 Å². The van der Waals surface area contributed by atoms with Crippen LogP contribution in [0.3, 0.4) is 0 Å². The Morgan fingerprint density at radius 3 is 2.62 bits per heavy atom. The lowest BCUT2D eigenvalue weighted by molar-refractivity contribution is -0.388. The number of carbonyl (C=O) groups is 1. The number of anilines is 1. The highest BCUT2D eigenvalue weighted by Crippen LogP contribution is 2.37. The summed E-state index contributed by atoms with van der Waals surface area (Å²) in [5.74, 6) is -0.104. The van der Waals surface area contributed by atoms with E-state index in [1.54, 1.807) is 0 Å². The van der Waals surface area contributed by atoms with Crippen molar-refractivity contribution in [2.45, 2.75) is 25.1 Å². The molecule has 1 aliphatic rings. The number of hydrogen-bond acceptors (Lipinski definition) is 4. The van der Waals surface area contributed by atoms with Gasteiger partial charge in [0.05, 0.1) is 4.92 Å². The lowest BCUT2D eigenvalue weighted by atomic mass is 10.1. The van der Waals surface area contributed by atoms with E-state index in [1.807, 2.05) is 0 Å². The summed E-state index contributed by atoms with van der Waals surface area (Å²) < 4.78 is 38.5. The SMILES string of the molecule is O=C1CCC(Nc2ccc([N+](=O)[O-])c(C(F)(F)F)c2)CN1. The fraction of sp³-hybridized carbons (Fsp3) is 0.417. The van der Waals surface area contributed by atoms with E-state index < -0.39 is 22.4 Å². The minimum absolute atomic E-state index is 0.104. The molecule has 1 aromatic rings. The Hall–Kier alpha value is -2.32. The number of hydrogen-bond donors (Lipinski definition) is 2. The first kappa shape index (κ1) is 15.1. The number of rotatable bonds is 3. The number of carbonyl (C=O) groups excluding carboxylic acids is 1. The monoisotopic (exact) mass is 303 g/mol. The van der Waals surface area contributed by atoms with Gasteiger partial charge in [0.25, 0.3) is 5.69 Å². The summed E-state index contributed by atoms with van der Waals surface area (Å²) in [7, 11) is 0. The Morgan fingerprint density at radius 2 is 2.10 bits per heavy atom. The Balaban J connectivity index is 2.21. The fourth-order valence-corrected chi connectivity index (χ4v) is 2.10. The Kier molecular flexibility index (Phi) is 4.01. The summed E-state index contributed by atoms with van der Waals surface area (Å²) in [5.41, 5.74) is -2.14. The van der Waals surface area contributed by atoms with Crippen molar-refractivity contribution in [2.75, 3.05) is 11.9 Å². The fourth-order valence-electron chi connectivity index (χ4n) is 2.10. The van der Waals surface area contributed by atoms with E-state index >= 15 is 0 Å². The zero-order chi connectivity index (χ0) is 15.6. The van der Waals surface area contributed by atoms with Gasteiger partial charge in [0, 0.05) is 30.8 Å². The number of nitro benzene ring substituents is 1. The van der Waals surface area contributed by atoms with E-state index in [-0.39, 0.29) is 24.1 Å². The van der Waals surface area contributed by atoms with Gasteiger partial charge in [-0.05, 0) is 18.6 Å². The van der Waals surface area contributed by atoms with Crippen LogP contribution in [0.15, 0.2) is 18.2 Å². The topological polar surface area (TPSA) is 84.3 Å². The van der Waals surface area contributed by atoms with Gasteiger partial charge in [-0.15, -0.1) is 0 Å². The zero-order valence-electron chi connectivity index (χ0n) is 10.7. The predicted octanol–water partition coefficient (Wildman–Crippen LogP) is 2.30. The van der Waals surface area contributed by atoms with E-state index in [0.29, 0.717) is 19.0 Å². The van der Waals surface area contributed by atoms with Crippen molar-refractivity contribution in [3.8, 4) is 0 Å². The third kappa shape index (κ3) is 3.61. The molecular weight excluding hydrogens is 291 g/mol. The summed E-state index contributed by atoms with van der Waals surface area (Å²) in [6.45, 7) is 0.303. The standard InChI is InChI=1S/C12H12F3N3O3/c13-12(14,15)9-5-7(1-3-10(9)18(20)21)17-8-2-4-11(19)16-6-8/h1,3,5,8,17H,2,4,6H2,(H,16,19). The molecule has 0 radical (unpaired) electrons. The van der Waals surface area contributed by atoms with Gasteiger partial charge in [-0.2, -0.15) is 13.2 Å². The molecule has 6 nitrogen and oxygen atoms in total. The van der Waals surface area contributed by atoms with Crippen molar-refractivity contribution in [3.63, 3.8) is 0 Å². The van der Waals surface area contributed by atoms with Gasteiger partial charge in [0.15, 0.2) is 0 Å². The molecule has 1 unspecified atom stereocenters. The first-order chi connectivity index (χ1) is 9.77. The Morgan fingerprint density at radius 1 is 1.38 bits per heavy atom. The van der Waals surface area contributed by atoms with Crippen LogP contribution in [0.25, 0.3) is 0 Å². The molecule has 1 aliphatic heterocycles. The highest BCUT2D eigenvalue weighted by Gasteiger charge is 2.38. The number of amides is 1. The highest BCUT2D eigenvalue weighted by molar-refractivity contribution is 5.77.